The second-order valence-corrected chi connectivity index (χ2v) is 3.90. The maximum Gasteiger partial charge on any atom is 0.305 e. The number of nitrogens with zero attached hydrogens (tertiary/aromatic N) is 1. The van der Waals surface area contributed by atoms with Crippen molar-refractivity contribution in [2.45, 2.75) is 19.4 Å². The normalized spacial score (nSPS) is 10.4. The lowest BCUT2D eigenvalue weighted by atomic mass is 10.2. The van der Waals surface area contributed by atoms with Crippen LogP contribution in [0.15, 0.2) is 30.3 Å². The third kappa shape index (κ3) is 4.94. The van der Waals surface area contributed by atoms with E-state index < -0.39 is 0 Å². The summed E-state index contributed by atoms with van der Waals surface area (Å²) in [5.74, 6) is -0.131. The third-order valence-corrected chi connectivity index (χ3v) is 2.44. The molecule has 0 saturated heterocycles. The van der Waals surface area contributed by atoms with Crippen molar-refractivity contribution in [3.63, 3.8) is 0 Å². The number of hydrogen-bond donors (Lipinski definition) is 0. The fraction of sp³-hybridized carbons (Fsp3) is 0.462. The van der Waals surface area contributed by atoms with Gasteiger partial charge in [-0.2, -0.15) is 0 Å². The van der Waals surface area contributed by atoms with E-state index in [0.717, 1.165) is 19.5 Å². The van der Waals surface area contributed by atoms with Gasteiger partial charge in [0.2, 0.25) is 0 Å². The highest BCUT2D eigenvalue weighted by Gasteiger charge is 2.03. The molecule has 0 fully saturated rings. The molecule has 0 aromatic heterocycles. The Bertz CT molecular complexity index is 311. The zero-order valence-electron chi connectivity index (χ0n) is 9.98. The van der Waals surface area contributed by atoms with Crippen molar-refractivity contribution in [3.8, 4) is 0 Å². The van der Waals surface area contributed by atoms with Gasteiger partial charge in [0.05, 0.1) is 7.11 Å². The first-order valence-electron chi connectivity index (χ1n) is 5.51. The second-order valence-electron chi connectivity index (χ2n) is 3.90. The van der Waals surface area contributed by atoms with E-state index in [-0.39, 0.29) is 5.97 Å². The number of methoxy groups -OCH3 is 1. The molecule has 1 aromatic rings. The first kappa shape index (κ1) is 12.7. The van der Waals surface area contributed by atoms with E-state index in [2.05, 4.69) is 28.8 Å². The molecule has 0 bridgehead atoms. The second kappa shape index (κ2) is 7.01. The van der Waals surface area contributed by atoms with E-state index in [4.69, 9.17) is 0 Å². The SMILES string of the molecule is COC(=O)CCCN(C)Cc1ccccc1. The molecule has 0 amide bonds. The van der Waals surface area contributed by atoms with Gasteiger partial charge < -0.3 is 9.64 Å². The quantitative estimate of drug-likeness (QED) is 0.689. The molecule has 3 heteroatoms. The lowest BCUT2D eigenvalue weighted by Gasteiger charge is -2.16. The molecular formula is C13H19NO2. The van der Waals surface area contributed by atoms with Crippen molar-refractivity contribution in [3.05, 3.63) is 35.9 Å². The van der Waals surface area contributed by atoms with Gasteiger partial charge in [-0.25, -0.2) is 0 Å². The smallest absolute Gasteiger partial charge is 0.305 e. The van der Waals surface area contributed by atoms with Crippen LogP contribution in [0.5, 0.6) is 0 Å². The first-order valence-corrected chi connectivity index (χ1v) is 5.51. The van der Waals surface area contributed by atoms with Crippen molar-refractivity contribution >= 4 is 5.97 Å². The van der Waals surface area contributed by atoms with Crippen molar-refractivity contribution in [2.24, 2.45) is 0 Å². The molecule has 0 radical (unpaired) electrons. The predicted octanol–water partition coefficient (Wildman–Crippen LogP) is 2.07. The lowest BCUT2D eigenvalue weighted by Crippen LogP contribution is -2.19. The predicted molar refractivity (Wildman–Crippen MR) is 64.0 cm³/mol. The molecule has 16 heavy (non-hydrogen) atoms. The molecule has 0 aliphatic carbocycles. The molecule has 0 aliphatic heterocycles. The Morgan fingerprint density at radius 1 is 1.31 bits per heavy atom. The number of esters is 1. The highest BCUT2D eigenvalue weighted by Crippen LogP contribution is 2.03. The van der Waals surface area contributed by atoms with E-state index in [9.17, 15) is 4.79 Å². The first-order chi connectivity index (χ1) is 7.72. The van der Waals surface area contributed by atoms with Gasteiger partial charge in [0.25, 0.3) is 0 Å². The largest absolute Gasteiger partial charge is 0.469 e. The highest BCUT2D eigenvalue weighted by atomic mass is 16.5. The Kier molecular flexibility index (Phi) is 5.57. The maximum atomic E-state index is 10.9. The van der Waals surface area contributed by atoms with Gasteiger partial charge in [0, 0.05) is 13.0 Å². The van der Waals surface area contributed by atoms with E-state index in [1.54, 1.807) is 0 Å². The minimum absolute atomic E-state index is 0.131. The zero-order chi connectivity index (χ0) is 11.8. The van der Waals surface area contributed by atoms with Gasteiger partial charge in [-0.15, -0.1) is 0 Å². The minimum atomic E-state index is -0.131. The van der Waals surface area contributed by atoms with Crippen LogP contribution in [0.3, 0.4) is 0 Å². The molecule has 0 atom stereocenters. The van der Waals surface area contributed by atoms with E-state index in [1.807, 2.05) is 18.2 Å². The van der Waals surface area contributed by atoms with Crippen LogP contribution >= 0.6 is 0 Å². The molecule has 1 aromatic carbocycles. The average molecular weight is 221 g/mol. The zero-order valence-corrected chi connectivity index (χ0v) is 9.98. The summed E-state index contributed by atoms with van der Waals surface area (Å²) in [5.41, 5.74) is 1.29. The molecule has 0 saturated carbocycles. The molecule has 0 unspecified atom stereocenters. The van der Waals surface area contributed by atoms with Crippen LogP contribution in [0.4, 0.5) is 0 Å². The van der Waals surface area contributed by atoms with Gasteiger partial charge in [0.15, 0.2) is 0 Å². The molecule has 3 nitrogen and oxygen atoms in total. The van der Waals surface area contributed by atoms with Crippen LogP contribution in [0.2, 0.25) is 0 Å². The molecule has 0 aliphatic rings. The monoisotopic (exact) mass is 221 g/mol. The van der Waals surface area contributed by atoms with Crippen LogP contribution in [-0.2, 0) is 16.1 Å². The Morgan fingerprint density at radius 2 is 2.00 bits per heavy atom. The summed E-state index contributed by atoms with van der Waals surface area (Å²) in [5, 5.41) is 0. The van der Waals surface area contributed by atoms with Crippen LogP contribution in [0, 0.1) is 0 Å². The van der Waals surface area contributed by atoms with Gasteiger partial charge in [0.1, 0.15) is 0 Å². The number of carbonyl (C=O) groups excluding carboxylic acids is 1. The van der Waals surface area contributed by atoms with E-state index in [0.29, 0.717) is 6.42 Å². The number of ether oxygens (including phenoxy) is 1. The number of carbonyl (C=O) groups is 1. The summed E-state index contributed by atoms with van der Waals surface area (Å²) in [4.78, 5) is 13.1. The van der Waals surface area contributed by atoms with E-state index >= 15 is 0 Å². The summed E-state index contributed by atoms with van der Waals surface area (Å²) in [7, 11) is 3.49. The Hall–Kier alpha value is -1.35. The summed E-state index contributed by atoms with van der Waals surface area (Å²) in [6, 6.07) is 10.3. The van der Waals surface area contributed by atoms with Crippen molar-refractivity contribution in [2.75, 3.05) is 20.7 Å². The topological polar surface area (TPSA) is 29.5 Å². The van der Waals surface area contributed by atoms with Gasteiger partial charge in [-0.3, -0.25) is 4.79 Å². The molecule has 88 valence electrons. The van der Waals surface area contributed by atoms with Gasteiger partial charge in [-0.05, 0) is 25.6 Å². The average Bonchev–Trinajstić information content (AvgIpc) is 2.30. The number of rotatable bonds is 6. The summed E-state index contributed by atoms with van der Waals surface area (Å²) in [6.07, 6.45) is 1.34. The third-order valence-electron chi connectivity index (χ3n) is 2.44. The Morgan fingerprint density at radius 3 is 2.62 bits per heavy atom. The Balaban J connectivity index is 2.21. The van der Waals surface area contributed by atoms with Crippen molar-refractivity contribution < 1.29 is 9.53 Å². The number of hydrogen-bond acceptors (Lipinski definition) is 3. The van der Waals surface area contributed by atoms with Crippen LogP contribution < -0.4 is 0 Å². The van der Waals surface area contributed by atoms with Gasteiger partial charge >= 0.3 is 5.97 Å². The van der Waals surface area contributed by atoms with Crippen LogP contribution in [-0.4, -0.2) is 31.6 Å². The maximum absolute atomic E-state index is 10.9. The fourth-order valence-electron chi connectivity index (χ4n) is 1.57. The van der Waals surface area contributed by atoms with Crippen molar-refractivity contribution in [1.82, 2.24) is 4.90 Å². The lowest BCUT2D eigenvalue weighted by molar-refractivity contribution is -0.140. The molecule has 0 spiro atoms. The molecular weight excluding hydrogens is 202 g/mol. The summed E-state index contributed by atoms with van der Waals surface area (Å²) >= 11 is 0. The fourth-order valence-corrected chi connectivity index (χ4v) is 1.57. The molecule has 1 rings (SSSR count). The number of benzene rings is 1. The summed E-state index contributed by atoms with van der Waals surface area (Å²) in [6.45, 7) is 1.83. The van der Waals surface area contributed by atoms with Crippen LogP contribution in [0.25, 0.3) is 0 Å². The van der Waals surface area contributed by atoms with E-state index in [1.165, 1.54) is 12.7 Å². The highest BCUT2D eigenvalue weighted by molar-refractivity contribution is 5.69. The van der Waals surface area contributed by atoms with Crippen molar-refractivity contribution in [1.29, 1.82) is 0 Å². The standard InChI is InChI=1S/C13H19NO2/c1-14(10-6-9-13(15)16-2)11-12-7-4-3-5-8-12/h3-5,7-8H,6,9-11H2,1-2H3. The van der Waals surface area contributed by atoms with Crippen LogP contribution in [0.1, 0.15) is 18.4 Å². The molecule has 0 heterocycles. The minimum Gasteiger partial charge on any atom is -0.469 e. The summed E-state index contributed by atoms with van der Waals surface area (Å²) < 4.78 is 4.59. The Labute approximate surface area is 97.0 Å². The molecule has 0 N–H and O–H groups in total. The van der Waals surface area contributed by atoms with Gasteiger partial charge in [-0.1, -0.05) is 30.3 Å².